The molecule has 2 aliphatic heterocycles. The van der Waals surface area contributed by atoms with Gasteiger partial charge in [-0.1, -0.05) is 49.8 Å². The number of ketones is 1. The lowest BCUT2D eigenvalue weighted by atomic mass is 9.93. The number of rotatable bonds is 8. The lowest BCUT2D eigenvalue weighted by Gasteiger charge is -2.32. The predicted molar refractivity (Wildman–Crippen MR) is 154 cm³/mol. The standard InChI is InChI=1S/C33H44N2O2/c1-24(2)33-22-29(28-10-12-32(37-5)13-11-28)15-18-35(33)23-31(36)21-27-7-6-16-34(17-14-27)30-19-25(3)8-9-26(4)20-30/h8-13,15,19,22,24,27H,6-7,14,16-18,20-21,23H2,1-5H3. The van der Waals surface area contributed by atoms with Crippen LogP contribution in [0.1, 0.15) is 65.4 Å². The number of carbonyl (C=O) groups excluding carboxylic acids is 1. The van der Waals surface area contributed by atoms with Crippen molar-refractivity contribution in [3.8, 4) is 5.75 Å². The Bertz CT molecular complexity index is 1120. The van der Waals surface area contributed by atoms with Crippen molar-refractivity contribution < 1.29 is 9.53 Å². The lowest BCUT2D eigenvalue weighted by molar-refractivity contribution is -0.120. The number of benzene rings is 1. The van der Waals surface area contributed by atoms with E-state index in [4.69, 9.17) is 4.74 Å². The average Bonchev–Trinajstić information content (AvgIpc) is 3.22. The molecule has 1 aromatic rings. The number of hydrogen-bond acceptors (Lipinski definition) is 4. The Balaban J connectivity index is 1.33. The summed E-state index contributed by atoms with van der Waals surface area (Å²) in [6.45, 7) is 12.3. The molecule has 1 saturated heterocycles. The molecule has 37 heavy (non-hydrogen) atoms. The molecule has 0 spiro atoms. The minimum Gasteiger partial charge on any atom is -0.497 e. The van der Waals surface area contributed by atoms with E-state index in [1.807, 2.05) is 12.1 Å². The van der Waals surface area contributed by atoms with Crippen LogP contribution in [0.5, 0.6) is 5.75 Å². The molecule has 1 fully saturated rings. The Morgan fingerprint density at radius 3 is 2.57 bits per heavy atom. The largest absolute Gasteiger partial charge is 0.497 e. The van der Waals surface area contributed by atoms with Crippen LogP contribution in [-0.2, 0) is 4.79 Å². The third-order valence-corrected chi connectivity index (χ3v) is 7.84. The van der Waals surface area contributed by atoms with Crippen LogP contribution in [0, 0.1) is 11.8 Å². The maximum absolute atomic E-state index is 13.3. The molecular formula is C33H44N2O2. The first-order chi connectivity index (χ1) is 17.8. The third-order valence-electron chi connectivity index (χ3n) is 7.84. The topological polar surface area (TPSA) is 32.8 Å². The zero-order chi connectivity index (χ0) is 26.4. The first kappa shape index (κ1) is 27.0. The van der Waals surface area contributed by atoms with Crippen molar-refractivity contribution in [3.63, 3.8) is 0 Å². The Morgan fingerprint density at radius 1 is 1.05 bits per heavy atom. The van der Waals surface area contributed by atoms with Crippen LogP contribution in [0.2, 0.25) is 0 Å². The number of nitrogens with zero attached hydrogens (tertiary/aromatic N) is 2. The van der Waals surface area contributed by atoms with Gasteiger partial charge >= 0.3 is 0 Å². The molecule has 0 bridgehead atoms. The van der Waals surface area contributed by atoms with E-state index in [1.54, 1.807) is 7.11 Å². The van der Waals surface area contributed by atoms with Gasteiger partial charge in [-0.15, -0.1) is 0 Å². The molecule has 4 nitrogen and oxygen atoms in total. The minimum absolute atomic E-state index is 0.365. The number of hydrogen-bond donors (Lipinski definition) is 0. The molecule has 1 unspecified atom stereocenters. The Hall–Kier alpha value is -3.01. The summed E-state index contributed by atoms with van der Waals surface area (Å²) in [6, 6.07) is 8.22. The van der Waals surface area contributed by atoms with Gasteiger partial charge in [0.15, 0.2) is 5.78 Å². The van der Waals surface area contributed by atoms with E-state index in [1.165, 1.54) is 33.7 Å². The molecule has 3 aliphatic rings. The monoisotopic (exact) mass is 500 g/mol. The van der Waals surface area contributed by atoms with E-state index in [0.29, 0.717) is 30.6 Å². The van der Waals surface area contributed by atoms with Crippen molar-refractivity contribution in [2.45, 2.75) is 59.8 Å². The van der Waals surface area contributed by atoms with Gasteiger partial charge in [0.1, 0.15) is 5.75 Å². The second kappa shape index (κ2) is 12.5. The van der Waals surface area contributed by atoms with E-state index < -0.39 is 0 Å². The van der Waals surface area contributed by atoms with Gasteiger partial charge in [0.05, 0.1) is 13.7 Å². The number of carbonyl (C=O) groups is 1. The Morgan fingerprint density at radius 2 is 1.84 bits per heavy atom. The predicted octanol–water partition coefficient (Wildman–Crippen LogP) is 7.18. The number of Topliss-reactive ketones (excluding diaryl/α,β-unsaturated/α-hetero) is 1. The molecule has 1 atom stereocenters. The number of ether oxygens (including phenoxy) is 1. The van der Waals surface area contributed by atoms with Crippen molar-refractivity contribution in [3.05, 3.63) is 82.7 Å². The Labute approximate surface area is 224 Å². The molecule has 1 aliphatic carbocycles. The summed E-state index contributed by atoms with van der Waals surface area (Å²) in [5.41, 5.74) is 7.84. The van der Waals surface area contributed by atoms with Crippen molar-refractivity contribution in [2.75, 3.05) is 33.3 Å². The van der Waals surface area contributed by atoms with Gasteiger partial charge < -0.3 is 14.5 Å². The smallest absolute Gasteiger partial charge is 0.152 e. The molecule has 0 saturated carbocycles. The first-order valence-corrected chi connectivity index (χ1v) is 13.9. The molecule has 2 heterocycles. The first-order valence-electron chi connectivity index (χ1n) is 13.9. The molecule has 198 valence electrons. The average molecular weight is 501 g/mol. The zero-order valence-electron chi connectivity index (χ0n) is 23.4. The molecule has 4 heteroatoms. The van der Waals surface area contributed by atoms with E-state index >= 15 is 0 Å². The van der Waals surface area contributed by atoms with Gasteiger partial charge in [0.2, 0.25) is 0 Å². The van der Waals surface area contributed by atoms with Crippen LogP contribution in [0.15, 0.2) is 77.2 Å². The second-order valence-electron chi connectivity index (χ2n) is 11.3. The molecule has 0 aromatic heterocycles. The van der Waals surface area contributed by atoms with Gasteiger partial charge in [-0.05, 0) is 85.9 Å². The molecule has 0 amide bonds. The summed E-state index contributed by atoms with van der Waals surface area (Å²) in [6.07, 6.45) is 16.5. The molecule has 4 rings (SSSR count). The fourth-order valence-corrected chi connectivity index (χ4v) is 5.74. The maximum Gasteiger partial charge on any atom is 0.152 e. The highest BCUT2D eigenvalue weighted by molar-refractivity contribution is 5.82. The van der Waals surface area contributed by atoms with E-state index in [2.05, 4.69) is 80.0 Å². The summed E-state index contributed by atoms with van der Waals surface area (Å²) in [4.78, 5) is 18.1. The molecule has 1 aromatic carbocycles. The highest BCUT2D eigenvalue weighted by Crippen LogP contribution is 2.30. The molecule has 0 radical (unpaired) electrons. The maximum atomic E-state index is 13.3. The van der Waals surface area contributed by atoms with Crippen LogP contribution in [0.3, 0.4) is 0 Å². The summed E-state index contributed by atoms with van der Waals surface area (Å²) in [5.74, 6) is 2.09. The van der Waals surface area contributed by atoms with Crippen molar-refractivity contribution in [1.29, 1.82) is 0 Å². The quantitative estimate of drug-likeness (QED) is 0.379. The zero-order valence-corrected chi connectivity index (χ0v) is 23.4. The van der Waals surface area contributed by atoms with Gasteiger partial charge in [-0.2, -0.15) is 0 Å². The van der Waals surface area contributed by atoms with Crippen molar-refractivity contribution in [2.24, 2.45) is 11.8 Å². The number of likely N-dealkylation sites (tertiary alicyclic amines) is 1. The lowest BCUT2D eigenvalue weighted by Crippen LogP contribution is -2.34. The molecule has 0 N–H and O–H groups in total. The summed E-state index contributed by atoms with van der Waals surface area (Å²) < 4.78 is 5.31. The second-order valence-corrected chi connectivity index (χ2v) is 11.3. The fourth-order valence-electron chi connectivity index (χ4n) is 5.74. The van der Waals surface area contributed by atoms with E-state index in [-0.39, 0.29) is 0 Å². The number of allylic oxidation sites excluding steroid dienone is 8. The highest BCUT2D eigenvalue weighted by atomic mass is 16.5. The van der Waals surface area contributed by atoms with Gasteiger partial charge in [-0.25, -0.2) is 0 Å². The minimum atomic E-state index is 0.365. The SMILES string of the molecule is COc1ccc(C2=CCN(CC(=O)CC3CCCN(C4=CC(C)=CC=C(C)C4)CC3)C(C(C)C)=C2)cc1. The normalized spacial score (nSPS) is 20.8. The van der Waals surface area contributed by atoms with Gasteiger partial charge in [0, 0.05) is 43.9 Å². The van der Waals surface area contributed by atoms with Crippen LogP contribution in [0.25, 0.3) is 5.57 Å². The van der Waals surface area contributed by atoms with Crippen LogP contribution >= 0.6 is 0 Å². The van der Waals surface area contributed by atoms with Crippen LogP contribution in [0.4, 0.5) is 0 Å². The van der Waals surface area contributed by atoms with E-state index in [0.717, 1.165) is 51.1 Å². The molecular weight excluding hydrogens is 456 g/mol. The summed E-state index contributed by atoms with van der Waals surface area (Å²) in [5, 5.41) is 0. The fraction of sp³-hybridized carbons (Fsp3) is 0.485. The van der Waals surface area contributed by atoms with Gasteiger partial charge in [-0.3, -0.25) is 4.79 Å². The van der Waals surface area contributed by atoms with Crippen molar-refractivity contribution >= 4 is 11.4 Å². The summed E-state index contributed by atoms with van der Waals surface area (Å²) in [7, 11) is 1.69. The van der Waals surface area contributed by atoms with Crippen LogP contribution < -0.4 is 4.74 Å². The van der Waals surface area contributed by atoms with Crippen molar-refractivity contribution in [1.82, 2.24) is 9.80 Å². The third kappa shape index (κ3) is 7.28. The number of methoxy groups -OCH3 is 1. The Kier molecular flexibility index (Phi) is 9.13. The highest BCUT2D eigenvalue weighted by Gasteiger charge is 2.24. The van der Waals surface area contributed by atoms with E-state index in [9.17, 15) is 4.79 Å². The van der Waals surface area contributed by atoms with Gasteiger partial charge in [0.25, 0.3) is 0 Å². The van der Waals surface area contributed by atoms with Crippen LogP contribution in [-0.4, -0.2) is 48.9 Å². The summed E-state index contributed by atoms with van der Waals surface area (Å²) >= 11 is 0.